The lowest BCUT2D eigenvalue weighted by Crippen LogP contribution is -2.11. The van der Waals surface area contributed by atoms with Gasteiger partial charge in [0.25, 0.3) is 0 Å². The third-order valence-electron chi connectivity index (χ3n) is 3.33. The Kier molecular flexibility index (Phi) is 6.04. The number of rotatable bonds is 7. The molecule has 0 radical (unpaired) electrons. The summed E-state index contributed by atoms with van der Waals surface area (Å²) in [5.74, 6) is 0.567. The highest BCUT2D eigenvalue weighted by Crippen LogP contribution is 2.23. The van der Waals surface area contributed by atoms with Gasteiger partial charge < -0.3 is 14.6 Å². The summed E-state index contributed by atoms with van der Waals surface area (Å²) in [6.07, 6.45) is 0. The molecule has 4 nitrogen and oxygen atoms in total. The van der Waals surface area contributed by atoms with Crippen LogP contribution in [0.15, 0.2) is 46.9 Å². The molecule has 0 saturated heterocycles. The summed E-state index contributed by atoms with van der Waals surface area (Å²) in [6.45, 7) is 4.90. The van der Waals surface area contributed by atoms with Crippen molar-refractivity contribution in [2.75, 3.05) is 13.2 Å². The van der Waals surface area contributed by atoms with Crippen LogP contribution >= 0.6 is 15.9 Å². The molecule has 0 spiro atoms. The predicted molar refractivity (Wildman–Crippen MR) is 92.6 cm³/mol. The standard InChI is InChI=1S/C18H19BrO4/c1-12(2)13-3-6-15(7-4-13)22-9-10-23-17-8-5-14(19)11-16(17)18(20)21/h3-8,11-12H,9-10H2,1-2H3,(H,20,21). The second-order valence-electron chi connectivity index (χ2n) is 5.37. The van der Waals surface area contributed by atoms with Crippen molar-refractivity contribution in [2.24, 2.45) is 0 Å². The van der Waals surface area contributed by atoms with Crippen molar-refractivity contribution in [1.82, 2.24) is 0 Å². The zero-order valence-electron chi connectivity index (χ0n) is 13.1. The van der Waals surface area contributed by atoms with Crippen molar-refractivity contribution in [1.29, 1.82) is 0 Å². The van der Waals surface area contributed by atoms with E-state index >= 15 is 0 Å². The van der Waals surface area contributed by atoms with Crippen LogP contribution in [0.4, 0.5) is 0 Å². The fourth-order valence-electron chi connectivity index (χ4n) is 2.06. The van der Waals surface area contributed by atoms with Gasteiger partial charge in [0.1, 0.15) is 30.3 Å². The van der Waals surface area contributed by atoms with Crippen LogP contribution in [-0.4, -0.2) is 24.3 Å². The first-order valence-corrected chi connectivity index (χ1v) is 8.15. The largest absolute Gasteiger partial charge is 0.490 e. The summed E-state index contributed by atoms with van der Waals surface area (Å²) in [6, 6.07) is 12.8. The van der Waals surface area contributed by atoms with E-state index in [9.17, 15) is 4.79 Å². The van der Waals surface area contributed by atoms with Crippen LogP contribution in [0.25, 0.3) is 0 Å². The molecular weight excluding hydrogens is 360 g/mol. The van der Waals surface area contributed by atoms with Crippen LogP contribution in [0.2, 0.25) is 0 Å². The van der Waals surface area contributed by atoms with Gasteiger partial charge in [0.05, 0.1) is 0 Å². The maximum absolute atomic E-state index is 11.2. The van der Waals surface area contributed by atoms with Crippen molar-refractivity contribution < 1.29 is 19.4 Å². The third-order valence-corrected chi connectivity index (χ3v) is 3.82. The van der Waals surface area contributed by atoms with E-state index in [4.69, 9.17) is 14.6 Å². The van der Waals surface area contributed by atoms with Crippen molar-refractivity contribution in [3.05, 3.63) is 58.1 Å². The average Bonchev–Trinajstić information content (AvgIpc) is 2.53. The third kappa shape index (κ3) is 4.99. The lowest BCUT2D eigenvalue weighted by Gasteiger charge is -2.11. The van der Waals surface area contributed by atoms with Gasteiger partial charge in [0.15, 0.2) is 0 Å². The van der Waals surface area contributed by atoms with Crippen molar-refractivity contribution >= 4 is 21.9 Å². The Morgan fingerprint density at radius 3 is 2.35 bits per heavy atom. The first-order valence-electron chi connectivity index (χ1n) is 7.36. The van der Waals surface area contributed by atoms with Crippen LogP contribution < -0.4 is 9.47 Å². The molecule has 0 amide bonds. The van der Waals surface area contributed by atoms with E-state index in [2.05, 4.69) is 29.8 Å². The van der Waals surface area contributed by atoms with Gasteiger partial charge in [-0.1, -0.05) is 41.9 Å². The SMILES string of the molecule is CC(C)c1ccc(OCCOc2ccc(Br)cc2C(=O)O)cc1. The summed E-state index contributed by atoms with van der Waals surface area (Å²) in [7, 11) is 0. The Balaban J connectivity index is 1.87. The second-order valence-corrected chi connectivity index (χ2v) is 6.28. The number of hydrogen-bond acceptors (Lipinski definition) is 3. The van der Waals surface area contributed by atoms with Gasteiger partial charge in [0.2, 0.25) is 0 Å². The molecule has 0 aliphatic heterocycles. The number of carbonyl (C=O) groups is 1. The molecule has 2 rings (SSSR count). The molecule has 5 heteroatoms. The van der Waals surface area contributed by atoms with Crippen LogP contribution in [0.1, 0.15) is 35.7 Å². The molecule has 0 aliphatic carbocycles. The molecule has 2 aromatic carbocycles. The van der Waals surface area contributed by atoms with E-state index in [-0.39, 0.29) is 12.2 Å². The fourth-order valence-corrected chi connectivity index (χ4v) is 2.42. The topological polar surface area (TPSA) is 55.8 Å². The molecule has 0 saturated carbocycles. The number of hydrogen-bond donors (Lipinski definition) is 1. The summed E-state index contributed by atoms with van der Waals surface area (Å²) in [5, 5.41) is 9.16. The number of halogens is 1. The molecular formula is C18H19BrO4. The molecule has 0 atom stereocenters. The van der Waals surface area contributed by atoms with Gasteiger partial charge in [-0.15, -0.1) is 0 Å². The lowest BCUT2D eigenvalue weighted by molar-refractivity contribution is 0.0691. The fraction of sp³-hybridized carbons (Fsp3) is 0.278. The molecule has 2 aromatic rings. The molecule has 122 valence electrons. The predicted octanol–water partition coefficient (Wildman–Crippen LogP) is 4.73. The average molecular weight is 379 g/mol. The van der Waals surface area contributed by atoms with Gasteiger partial charge in [0, 0.05) is 4.47 Å². The number of benzene rings is 2. The van der Waals surface area contributed by atoms with Gasteiger partial charge in [-0.3, -0.25) is 0 Å². The van der Waals surface area contributed by atoms with Gasteiger partial charge in [-0.25, -0.2) is 4.79 Å². The molecule has 0 heterocycles. The van der Waals surface area contributed by atoms with Gasteiger partial charge in [-0.05, 0) is 41.8 Å². The Labute approximate surface area is 144 Å². The summed E-state index contributed by atoms with van der Waals surface area (Å²) >= 11 is 3.25. The number of ether oxygens (including phenoxy) is 2. The van der Waals surface area contributed by atoms with E-state index in [0.717, 1.165) is 5.75 Å². The summed E-state index contributed by atoms with van der Waals surface area (Å²) in [5.41, 5.74) is 1.38. The first-order chi connectivity index (χ1) is 11.0. The normalized spacial score (nSPS) is 10.6. The van der Waals surface area contributed by atoms with Crippen molar-refractivity contribution in [3.63, 3.8) is 0 Å². The Morgan fingerprint density at radius 1 is 1.09 bits per heavy atom. The Bertz CT molecular complexity index is 665. The van der Waals surface area contributed by atoms with Crippen LogP contribution in [0.3, 0.4) is 0 Å². The minimum atomic E-state index is -1.02. The molecule has 0 unspecified atom stereocenters. The smallest absolute Gasteiger partial charge is 0.339 e. The van der Waals surface area contributed by atoms with Gasteiger partial charge in [-0.2, -0.15) is 0 Å². The first kappa shape index (κ1) is 17.3. The lowest BCUT2D eigenvalue weighted by atomic mass is 10.0. The van der Waals surface area contributed by atoms with E-state index < -0.39 is 5.97 Å². The molecule has 0 aromatic heterocycles. The van der Waals surface area contributed by atoms with Crippen LogP contribution in [0, 0.1) is 0 Å². The molecule has 1 N–H and O–H groups in total. The van der Waals surface area contributed by atoms with E-state index in [1.54, 1.807) is 12.1 Å². The molecule has 0 bridgehead atoms. The molecule has 0 fully saturated rings. The highest BCUT2D eigenvalue weighted by atomic mass is 79.9. The zero-order valence-corrected chi connectivity index (χ0v) is 14.7. The van der Waals surface area contributed by atoms with E-state index in [1.807, 2.05) is 24.3 Å². The van der Waals surface area contributed by atoms with Crippen molar-refractivity contribution in [3.8, 4) is 11.5 Å². The number of carboxylic acids is 1. The number of aromatic carboxylic acids is 1. The highest BCUT2D eigenvalue weighted by Gasteiger charge is 2.11. The summed E-state index contributed by atoms with van der Waals surface area (Å²) < 4.78 is 11.8. The van der Waals surface area contributed by atoms with E-state index in [0.29, 0.717) is 22.7 Å². The monoisotopic (exact) mass is 378 g/mol. The second kappa shape index (κ2) is 8.02. The van der Waals surface area contributed by atoms with Crippen LogP contribution in [0.5, 0.6) is 11.5 Å². The maximum Gasteiger partial charge on any atom is 0.339 e. The Hall–Kier alpha value is -2.01. The van der Waals surface area contributed by atoms with Crippen LogP contribution in [-0.2, 0) is 0 Å². The summed E-state index contributed by atoms with van der Waals surface area (Å²) in [4.78, 5) is 11.2. The molecule has 23 heavy (non-hydrogen) atoms. The minimum absolute atomic E-state index is 0.126. The Morgan fingerprint density at radius 2 is 1.74 bits per heavy atom. The van der Waals surface area contributed by atoms with Crippen molar-refractivity contribution in [2.45, 2.75) is 19.8 Å². The zero-order chi connectivity index (χ0) is 16.8. The highest BCUT2D eigenvalue weighted by molar-refractivity contribution is 9.10. The minimum Gasteiger partial charge on any atom is -0.490 e. The molecule has 0 aliphatic rings. The van der Waals surface area contributed by atoms with E-state index in [1.165, 1.54) is 11.6 Å². The number of carboxylic acid groups (broad SMARTS) is 1. The quantitative estimate of drug-likeness (QED) is 0.707. The maximum atomic E-state index is 11.2. The van der Waals surface area contributed by atoms with Gasteiger partial charge >= 0.3 is 5.97 Å².